The molecular weight excluding hydrogens is 247 g/mol. The molecule has 2 rings (SSSR count). The van der Waals surface area contributed by atoms with Crippen molar-refractivity contribution < 1.29 is 13.9 Å². The molecule has 19 heavy (non-hydrogen) atoms. The molecule has 0 radical (unpaired) electrons. The van der Waals surface area contributed by atoms with Gasteiger partial charge in [0.2, 0.25) is 0 Å². The average molecular weight is 264 g/mol. The van der Waals surface area contributed by atoms with E-state index in [2.05, 4.69) is 11.6 Å². The normalized spacial score (nSPS) is 15.2. The van der Waals surface area contributed by atoms with E-state index in [1.54, 1.807) is 20.8 Å². The van der Waals surface area contributed by atoms with Crippen molar-refractivity contribution in [2.45, 2.75) is 32.8 Å². The minimum Gasteiger partial charge on any atom is -0.443 e. The highest BCUT2D eigenvalue weighted by atomic mass is 19.1. The molecule has 1 aliphatic rings. The largest absolute Gasteiger partial charge is 0.443 e. The molecule has 0 atom stereocenters. The summed E-state index contributed by atoms with van der Waals surface area (Å²) in [6, 6.07) is 1.29. The Labute approximate surface area is 111 Å². The number of halogens is 1. The monoisotopic (exact) mass is 264 g/mol. The van der Waals surface area contributed by atoms with Crippen LogP contribution < -0.4 is 4.90 Å². The second-order valence-electron chi connectivity index (χ2n) is 5.51. The molecule has 102 valence electrons. The van der Waals surface area contributed by atoms with Crippen molar-refractivity contribution in [2.24, 2.45) is 0 Å². The number of aromatic nitrogens is 1. The summed E-state index contributed by atoms with van der Waals surface area (Å²) >= 11 is 0. The third-order valence-electron chi connectivity index (χ3n) is 2.71. The molecule has 0 spiro atoms. The molecule has 1 aromatic rings. The number of hydrogen-bond donors (Lipinski definition) is 0. The standard InChI is InChI=1S/C14H17FN2O2/c1-9-5-6-17(13(18)19-14(2,3)4)11-7-10(15)8-16-12(9)11/h7-8H,1,5-6H2,2-4H3. The smallest absolute Gasteiger partial charge is 0.414 e. The third-order valence-corrected chi connectivity index (χ3v) is 2.71. The summed E-state index contributed by atoms with van der Waals surface area (Å²) in [6.45, 7) is 9.68. The van der Waals surface area contributed by atoms with Crippen molar-refractivity contribution >= 4 is 17.4 Å². The van der Waals surface area contributed by atoms with Gasteiger partial charge in [0, 0.05) is 12.6 Å². The number of rotatable bonds is 0. The Hall–Kier alpha value is -1.91. The molecule has 1 amide bonds. The van der Waals surface area contributed by atoms with Crippen molar-refractivity contribution in [3.63, 3.8) is 0 Å². The highest BCUT2D eigenvalue weighted by Crippen LogP contribution is 2.33. The Morgan fingerprint density at radius 1 is 1.53 bits per heavy atom. The van der Waals surface area contributed by atoms with E-state index in [1.165, 1.54) is 11.0 Å². The number of hydrogen-bond acceptors (Lipinski definition) is 3. The van der Waals surface area contributed by atoms with Crippen molar-refractivity contribution in [3.05, 3.63) is 30.4 Å². The molecule has 0 fully saturated rings. The van der Waals surface area contributed by atoms with Gasteiger partial charge in [-0.25, -0.2) is 9.18 Å². The first kappa shape index (κ1) is 13.5. The third kappa shape index (κ3) is 2.92. The maximum Gasteiger partial charge on any atom is 0.414 e. The average Bonchev–Trinajstić information content (AvgIpc) is 2.26. The zero-order valence-electron chi connectivity index (χ0n) is 11.4. The van der Waals surface area contributed by atoms with E-state index in [1.807, 2.05) is 0 Å². The van der Waals surface area contributed by atoms with Crippen LogP contribution in [0.5, 0.6) is 0 Å². The van der Waals surface area contributed by atoms with Gasteiger partial charge >= 0.3 is 6.09 Å². The minimum atomic E-state index is -0.591. The highest BCUT2D eigenvalue weighted by molar-refractivity contribution is 5.93. The predicted octanol–water partition coefficient (Wildman–Crippen LogP) is 3.38. The van der Waals surface area contributed by atoms with Gasteiger partial charge in [-0.2, -0.15) is 0 Å². The molecule has 1 aliphatic heterocycles. The topological polar surface area (TPSA) is 42.4 Å². The van der Waals surface area contributed by atoms with Crippen LogP contribution in [-0.2, 0) is 4.74 Å². The van der Waals surface area contributed by atoms with Gasteiger partial charge in [0.05, 0.1) is 17.6 Å². The second-order valence-corrected chi connectivity index (χ2v) is 5.51. The van der Waals surface area contributed by atoms with Gasteiger partial charge in [0.15, 0.2) is 0 Å². The summed E-state index contributed by atoms with van der Waals surface area (Å²) in [5, 5.41) is 0. The van der Waals surface area contributed by atoms with Gasteiger partial charge < -0.3 is 4.74 Å². The number of fused-ring (bicyclic) bond motifs is 1. The van der Waals surface area contributed by atoms with Crippen molar-refractivity contribution in [3.8, 4) is 0 Å². The summed E-state index contributed by atoms with van der Waals surface area (Å²) in [5.74, 6) is -0.484. The van der Waals surface area contributed by atoms with Crippen LogP contribution in [0.4, 0.5) is 14.9 Å². The van der Waals surface area contributed by atoms with Gasteiger partial charge in [-0.15, -0.1) is 0 Å². The Morgan fingerprint density at radius 2 is 2.21 bits per heavy atom. The van der Waals surface area contributed by atoms with Crippen LogP contribution in [0.3, 0.4) is 0 Å². The molecule has 0 saturated carbocycles. The SMILES string of the molecule is C=C1CCN(C(=O)OC(C)(C)C)c2cc(F)cnc21. The first-order valence-electron chi connectivity index (χ1n) is 6.12. The van der Waals surface area contributed by atoms with E-state index in [0.717, 1.165) is 11.8 Å². The molecule has 4 nitrogen and oxygen atoms in total. The van der Waals surface area contributed by atoms with Crippen LogP contribution in [0.2, 0.25) is 0 Å². The summed E-state index contributed by atoms with van der Waals surface area (Å²) in [5.41, 5.74) is 1.19. The Kier molecular flexibility index (Phi) is 3.30. The maximum atomic E-state index is 13.3. The minimum absolute atomic E-state index is 0.422. The zero-order valence-corrected chi connectivity index (χ0v) is 11.4. The van der Waals surface area contributed by atoms with E-state index in [9.17, 15) is 9.18 Å². The first-order valence-corrected chi connectivity index (χ1v) is 6.12. The Bertz CT molecular complexity index is 535. The van der Waals surface area contributed by atoms with Crippen LogP contribution in [0.25, 0.3) is 5.57 Å². The van der Waals surface area contributed by atoms with Crippen LogP contribution in [0.15, 0.2) is 18.8 Å². The highest BCUT2D eigenvalue weighted by Gasteiger charge is 2.29. The summed E-state index contributed by atoms with van der Waals surface area (Å²) < 4.78 is 18.6. The molecule has 5 heteroatoms. The summed E-state index contributed by atoms with van der Waals surface area (Å²) in [6.07, 6.45) is 1.24. The van der Waals surface area contributed by atoms with E-state index >= 15 is 0 Å². The molecule has 0 aliphatic carbocycles. The summed E-state index contributed by atoms with van der Waals surface area (Å²) in [7, 11) is 0. The van der Waals surface area contributed by atoms with Crippen molar-refractivity contribution in [2.75, 3.05) is 11.4 Å². The molecule has 1 aromatic heterocycles. The Balaban J connectivity index is 2.35. The van der Waals surface area contributed by atoms with Crippen LogP contribution in [0.1, 0.15) is 32.9 Å². The van der Waals surface area contributed by atoms with Crippen LogP contribution >= 0.6 is 0 Å². The number of amides is 1. The van der Waals surface area contributed by atoms with E-state index in [-0.39, 0.29) is 0 Å². The van der Waals surface area contributed by atoms with E-state index in [0.29, 0.717) is 24.3 Å². The predicted molar refractivity (Wildman–Crippen MR) is 71.4 cm³/mol. The number of carbonyl (C=O) groups excluding carboxylic acids is 1. The number of carbonyl (C=O) groups is 1. The van der Waals surface area contributed by atoms with Gasteiger partial charge in [-0.05, 0) is 32.8 Å². The van der Waals surface area contributed by atoms with Gasteiger partial charge in [0.25, 0.3) is 0 Å². The van der Waals surface area contributed by atoms with E-state index < -0.39 is 17.5 Å². The number of pyridine rings is 1. The van der Waals surface area contributed by atoms with Gasteiger partial charge in [0.1, 0.15) is 11.4 Å². The molecule has 0 unspecified atom stereocenters. The fourth-order valence-electron chi connectivity index (χ4n) is 1.90. The lowest BCUT2D eigenvalue weighted by atomic mass is 10.0. The van der Waals surface area contributed by atoms with Crippen molar-refractivity contribution in [1.29, 1.82) is 0 Å². The van der Waals surface area contributed by atoms with Crippen LogP contribution in [0, 0.1) is 5.82 Å². The lowest BCUT2D eigenvalue weighted by molar-refractivity contribution is 0.0580. The Morgan fingerprint density at radius 3 is 2.84 bits per heavy atom. The summed E-state index contributed by atoms with van der Waals surface area (Å²) in [4.78, 5) is 17.5. The zero-order chi connectivity index (χ0) is 14.2. The lowest BCUT2D eigenvalue weighted by Gasteiger charge is -2.31. The first-order chi connectivity index (χ1) is 8.78. The van der Waals surface area contributed by atoms with Crippen molar-refractivity contribution in [1.82, 2.24) is 4.98 Å². The number of nitrogens with zero attached hydrogens (tertiary/aromatic N) is 2. The van der Waals surface area contributed by atoms with Crippen LogP contribution in [-0.4, -0.2) is 23.2 Å². The maximum absolute atomic E-state index is 13.3. The second kappa shape index (κ2) is 4.64. The van der Waals surface area contributed by atoms with Gasteiger partial charge in [-0.3, -0.25) is 9.88 Å². The molecular formula is C14H17FN2O2. The fraction of sp³-hybridized carbons (Fsp3) is 0.429. The molecule has 2 heterocycles. The fourth-order valence-corrected chi connectivity index (χ4v) is 1.90. The molecule has 0 N–H and O–H groups in total. The molecule has 0 bridgehead atoms. The molecule has 0 aromatic carbocycles. The van der Waals surface area contributed by atoms with Gasteiger partial charge in [-0.1, -0.05) is 6.58 Å². The van der Waals surface area contributed by atoms with E-state index in [4.69, 9.17) is 4.74 Å². The number of ether oxygens (including phenoxy) is 1. The quantitative estimate of drug-likeness (QED) is 0.721. The number of anilines is 1. The lowest BCUT2D eigenvalue weighted by Crippen LogP contribution is -2.39. The molecule has 0 saturated heterocycles.